The van der Waals surface area contributed by atoms with E-state index in [2.05, 4.69) is 16.8 Å². The van der Waals surface area contributed by atoms with Crippen LogP contribution in [0.3, 0.4) is 0 Å². The lowest BCUT2D eigenvalue weighted by atomic mass is 9.96. The Bertz CT molecular complexity index is 227. The van der Waals surface area contributed by atoms with Crippen LogP contribution in [0.4, 0.5) is 0 Å². The van der Waals surface area contributed by atoms with Crippen LogP contribution in [-0.4, -0.2) is 37.1 Å². The quantitative estimate of drug-likeness (QED) is 0.499. The first kappa shape index (κ1) is 14.1. The number of likely N-dealkylation sites (tertiary alicyclic amines) is 1. The Morgan fingerprint density at radius 2 is 1.83 bits per heavy atom. The van der Waals surface area contributed by atoms with E-state index in [1.54, 1.807) is 0 Å². The highest BCUT2D eigenvalue weighted by Crippen LogP contribution is 2.21. The number of unbranched alkanes of at least 4 members (excludes halogenated alkanes) is 3. The second-order valence-corrected chi connectivity index (χ2v) is 6.11. The van der Waals surface area contributed by atoms with Crippen molar-refractivity contribution in [1.29, 1.82) is 0 Å². The first-order valence-corrected chi connectivity index (χ1v) is 7.95. The van der Waals surface area contributed by atoms with Crippen molar-refractivity contribution >= 4 is 0 Å². The second kappa shape index (κ2) is 7.96. The summed E-state index contributed by atoms with van der Waals surface area (Å²) in [6.45, 7) is 9.03. The fraction of sp³-hybridized carbons (Fsp3) is 0.875. The van der Waals surface area contributed by atoms with E-state index in [1.807, 2.05) is 6.08 Å². The van der Waals surface area contributed by atoms with Gasteiger partial charge in [-0.1, -0.05) is 12.5 Å². The highest BCUT2D eigenvalue weighted by atomic mass is 15.1. The van der Waals surface area contributed by atoms with E-state index in [-0.39, 0.29) is 0 Å². The fourth-order valence-electron chi connectivity index (χ4n) is 2.84. The molecule has 0 spiro atoms. The van der Waals surface area contributed by atoms with Crippen molar-refractivity contribution in [3.63, 3.8) is 0 Å². The molecule has 2 heteroatoms. The van der Waals surface area contributed by atoms with E-state index < -0.39 is 0 Å². The van der Waals surface area contributed by atoms with Gasteiger partial charge < -0.3 is 10.2 Å². The number of piperidine rings is 1. The van der Waals surface area contributed by atoms with Gasteiger partial charge in [0.1, 0.15) is 0 Å². The Morgan fingerprint density at radius 3 is 2.50 bits per heavy atom. The van der Waals surface area contributed by atoms with Gasteiger partial charge in [-0.05, 0) is 77.0 Å². The molecule has 104 valence electrons. The molecule has 2 rings (SSSR count). The molecule has 1 aliphatic carbocycles. The second-order valence-electron chi connectivity index (χ2n) is 6.11. The summed E-state index contributed by atoms with van der Waals surface area (Å²) in [4.78, 5) is 2.67. The summed E-state index contributed by atoms with van der Waals surface area (Å²) in [5.74, 6) is 0.947. The predicted octanol–water partition coefficient (Wildman–Crippen LogP) is 3.20. The summed E-state index contributed by atoms with van der Waals surface area (Å²) < 4.78 is 0. The van der Waals surface area contributed by atoms with E-state index >= 15 is 0 Å². The van der Waals surface area contributed by atoms with Crippen molar-refractivity contribution in [2.45, 2.75) is 57.4 Å². The minimum absolute atomic E-state index is 0.882. The average Bonchev–Trinajstić information content (AvgIpc) is 3.22. The Balaban J connectivity index is 1.46. The molecule has 0 aromatic carbocycles. The Labute approximate surface area is 113 Å². The molecule has 2 fully saturated rings. The van der Waals surface area contributed by atoms with Crippen molar-refractivity contribution in [3.8, 4) is 0 Å². The maximum Gasteiger partial charge on any atom is 0.00683 e. The van der Waals surface area contributed by atoms with E-state index in [4.69, 9.17) is 0 Å². The van der Waals surface area contributed by atoms with E-state index in [1.165, 1.54) is 77.5 Å². The first-order valence-electron chi connectivity index (χ1n) is 7.95. The lowest BCUT2D eigenvalue weighted by molar-refractivity contribution is 0.179. The van der Waals surface area contributed by atoms with E-state index in [0.29, 0.717) is 0 Å². The molecule has 0 aromatic rings. The molecule has 18 heavy (non-hydrogen) atoms. The molecule has 0 amide bonds. The van der Waals surface area contributed by atoms with Gasteiger partial charge in [-0.3, -0.25) is 0 Å². The molecule has 1 saturated heterocycles. The lowest BCUT2D eigenvalue weighted by Gasteiger charge is -2.32. The maximum atomic E-state index is 3.77. The number of allylic oxidation sites excluding steroid dienone is 1. The van der Waals surface area contributed by atoms with Crippen molar-refractivity contribution in [2.24, 2.45) is 5.92 Å². The largest absolute Gasteiger partial charge is 0.314 e. The van der Waals surface area contributed by atoms with Gasteiger partial charge in [-0.25, -0.2) is 0 Å². The number of rotatable bonds is 9. The molecule has 0 bridgehead atoms. The summed E-state index contributed by atoms with van der Waals surface area (Å²) in [6, 6.07) is 0.882. The van der Waals surface area contributed by atoms with Gasteiger partial charge >= 0.3 is 0 Å². The van der Waals surface area contributed by atoms with Crippen LogP contribution in [0.1, 0.15) is 51.4 Å². The smallest absolute Gasteiger partial charge is 0.00683 e. The topological polar surface area (TPSA) is 15.3 Å². The minimum Gasteiger partial charge on any atom is -0.314 e. The molecule has 1 saturated carbocycles. The Kier molecular flexibility index (Phi) is 6.22. The monoisotopic (exact) mass is 250 g/mol. The molecule has 0 radical (unpaired) electrons. The van der Waals surface area contributed by atoms with Crippen LogP contribution in [0, 0.1) is 5.92 Å². The molecule has 1 aliphatic heterocycles. The van der Waals surface area contributed by atoms with Crippen molar-refractivity contribution in [2.75, 3.05) is 26.2 Å². The minimum atomic E-state index is 0.882. The molecule has 0 atom stereocenters. The SMILES string of the molecule is C=CCCCCCN1CCC(CNC2CC2)CC1. The Morgan fingerprint density at radius 1 is 1.06 bits per heavy atom. The van der Waals surface area contributed by atoms with Crippen molar-refractivity contribution in [3.05, 3.63) is 12.7 Å². The molecule has 2 nitrogen and oxygen atoms in total. The summed E-state index contributed by atoms with van der Waals surface area (Å²) in [5, 5.41) is 3.68. The third-order valence-corrected chi connectivity index (χ3v) is 4.36. The molecule has 0 aromatic heterocycles. The van der Waals surface area contributed by atoms with Gasteiger partial charge in [0.15, 0.2) is 0 Å². The van der Waals surface area contributed by atoms with Gasteiger partial charge in [0.05, 0.1) is 0 Å². The molecule has 1 N–H and O–H groups in total. The standard InChI is InChI=1S/C16H30N2/c1-2-3-4-5-6-11-18-12-9-15(10-13-18)14-17-16-7-8-16/h2,15-17H,1,3-14H2. The van der Waals surface area contributed by atoms with Gasteiger partial charge in [0.2, 0.25) is 0 Å². The summed E-state index contributed by atoms with van der Waals surface area (Å²) in [7, 11) is 0. The van der Waals surface area contributed by atoms with Crippen LogP contribution in [0.25, 0.3) is 0 Å². The van der Waals surface area contributed by atoms with Gasteiger partial charge in [0, 0.05) is 6.04 Å². The first-order chi connectivity index (χ1) is 8.88. The van der Waals surface area contributed by atoms with Gasteiger partial charge in [-0.2, -0.15) is 0 Å². The number of nitrogens with zero attached hydrogens (tertiary/aromatic N) is 1. The average molecular weight is 250 g/mol. The molecule has 2 aliphatic rings. The van der Waals surface area contributed by atoms with E-state index in [9.17, 15) is 0 Å². The van der Waals surface area contributed by atoms with Gasteiger partial charge in [0.25, 0.3) is 0 Å². The van der Waals surface area contributed by atoms with Crippen LogP contribution in [0.15, 0.2) is 12.7 Å². The lowest BCUT2D eigenvalue weighted by Crippen LogP contribution is -2.38. The summed E-state index contributed by atoms with van der Waals surface area (Å²) in [5.41, 5.74) is 0. The summed E-state index contributed by atoms with van der Waals surface area (Å²) in [6.07, 6.45) is 13.0. The van der Waals surface area contributed by atoms with Crippen LogP contribution < -0.4 is 5.32 Å². The molecule has 0 unspecified atom stereocenters. The summed E-state index contributed by atoms with van der Waals surface area (Å²) >= 11 is 0. The fourth-order valence-corrected chi connectivity index (χ4v) is 2.84. The van der Waals surface area contributed by atoms with Crippen LogP contribution in [0.5, 0.6) is 0 Å². The molecular formula is C16H30N2. The molecule has 1 heterocycles. The highest BCUT2D eigenvalue weighted by Gasteiger charge is 2.23. The third kappa shape index (κ3) is 5.53. The molecular weight excluding hydrogens is 220 g/mol. The van der Waals surface area contributed by atoms with Crippen LogP contribution in [-0.2, 0) is 0 Å². The normalized spacial score (nSPS) is 22.2. The van der Waals surface area contributed by atoms with Gasteiger partial charge in [-0.15, -0.1) is 6.58 Å². The Hall–Kier alpha value is -0.340. The zero-order valence-electron chi connectivity index (χ0n) is 11.9. The van der Waals surface area contributed by atoms with Crippen molar-refractivity contribution < 1.29 is 0 Å². The van der Waals surface area contributed by atoms with Crippen LogP contribution in [0.2, 0.25) is 0 Å². The zero-order chi connectivity index (χ0) is 12.6. The zero-order valence-corrected chi connectivity index (χ0v) is 11.9. The third-order valence-electron chi connectivity index (χ3n) is 4.36. The highest BCUT2D eigenvalue weighted by molar-refractivity contribution is 4.83. The van der Waals surface area contributed by atoms with Crippen LogP contribution >= 0.6 is 0 Å². The predicted molar refractivity (Wildman–Crippen MR) is 78.9 cm³/mol. The van der Waals surface area contributed by atoms with Crippen molar-refractivity contribution in [1.82, 2.24) is 10.2 Å². The number of nitrogens with one attached hydrogen (secondary N) is 1. The maximum absolute atomic E-state index is 3.77. The van der Waals surface area contributed by atoms with E-state index in [0.717, 1.165) is 12.0 Å². The number of hydrogen-bond acceptors (Lipinski definition) is 2. The number of hydrogen-bond donors (Lipinski definition) is 1.